The number of hydrogen-bond donors (Lipinski definition) is 2. The van der Waals surface area contributed by atoms with Crippen molar-refractivity contribution >= 4 is 47.9 Å². The minimum Gasteiger partial charge on any atom is -0.347 e. The molecule has 3 amide bonds. The molecule has 1 saturated heterocycles. The SMILES string of the molecule is N=C(C(=O)NCc1ccccc1)C1CC(=O)N(OC(=O)CCP(c2ccccc2)c2ccccc2)C1=O. The van der Waals surface area contributed by atoms with E-state index in [0.717, 1.165) is 16.2 Å². The zero-order valence-electron chi connectivity index (χ0n) is 20.0. The summed E-state index contributed by atoms with van der Waals surface area (Å²) in [6.07, 6.45) is 0.0657. The van der Waals surface area contributed by atoms with E-state index in [4.69, 9.17) is 10.2 Å². The van der Waals surface area contributed by atoms with E-state index in [9.17, 15) is 19.2 Å². The largest absolute Gasteiger partial charge is 0.347 e. The highest BCUT2D eigenvalue weighted by molar-refractivity contribution is 7.73. The zero-order valence-corrected chi connectivity index (χ0v) is 20.9. The Labute approximate surface area is 215 Å². The van der Waals surface area contributed by atoms with Gasteiger partial charge >= 0.3 is 5.97 Å². The van der Waals surface area contributed by atoms with Crippen molar-refractivity contribution in [1.29, 1.82) is 5.41 Å². The second kappa shape index (κ2) is 12.2. The summed E-state index contributed by atoms with van der Waals surface area (Å²) in [5.74, 6) is -4.40. The molecule has 1 aliphatic rings. The fraction of sp³-hybridized carbons (Fsp3) is 0.179. The summed E-state index contributed by atoms with van der Waals surface area (Å²) in [5.41, 5.74) is 0.295. The maximum Gasteiger partial charge on any atom is 0.333 e. The first-order valence-electron chi connectivity index (χ1n) is 11.8. The molecule has 1 fully saturated rings. The maximum absolute atomic E-state index is 12.8. The third-order valence-corrected chi connectivity index (χ3v) is 8.37. The average Bonchev–Trinajstić information content (AvgIpc) is 3.21. The molecule has 37 heavy (non-hydrogen) atoms. The number of amides is 3. The van der Waals surface area contributed by atoms with Crippen LogP contribution in [0.5, 0.6) is 0 Å². The van der Waals surface area contributed by atoms with E-state index in [0.29, 0.717) is 11.2 Å². The van der Waals surface area contributed by atoms with Crippen LogP contribution >= 0.6 is 7.92 Å². The van der Waals surface area contributed by atoms with Crippen LogP contribution in [0.4, 0.5) is 0 Å². The third-order valence-electron chi connectivity index (χ3n) is 5.86. The van der Waals surface area contributed by atoms with Crippen LogP contribution in [0.25, 0.3) is 0 Å². The highest BCUT2D eigenvalue weighted by Crippen LogP contribution is 2.34. The minimum absolute atomic E-state index is 0.00771. The normalized spacial score (nSPS) is 15.1. The number of rotatable bonds is 10. The van der Waals surface area contributed by atoms with Crippen LogP contribution in [0, 0.1) is 11.3 Å². The van der Waals surface area contributed by atoms with E-state index in [1.54, 1.807) is 0 Å². The van der Waals surface area contributed by atoms with Crippen LogP contribution in [0.15, 0.2) is 91.0 Å². The molecule has 0 saturated carbocycles. The predicted octanol–water partition coefficient (Wildman–Crippen LogP) is 2.68. The van der Waals surface area contributed by atoms with Gasteiger partial charge < -0.3 is 10.2 Å². The van der Waals surface area contributed by atoms with Crippen LogP contribution < -0.4 is 15.9 Å². The molecule has 1 heterocycles. The molecule has 0 radical (unpaired) electrons. The van der Waals surface area contributed by atoms with Crippen molar-refractivity contribution in [3.05, 3.63) is 96.6 Å². The Balaban J connectivity index is 1.34. The Morgan fingerprint density at radius 1 is 0.892 bits per heavy atom. The summed E-state index contributed by atoms with van der Waals surface area (Å²) in [6.45, 7) is 0.182. The zero-order chi connectivity index (χ0) is 26.2. The van der Waals surface area contributed by atoms with Gasteiger partial charge in [-0.3, -0.25) is 19.8 Å². The molecule has 188 valence electrons. The summed E-state index contributed by atoms with van der Waals surface area (Å²) in [7, 11) is -0.851. The van der Waals surface area contributed by atoms with Crippen LogP contribution in [0.1, 0.15) is 18.4 Å². The van der Waals surface area contributed by atoms with Crippen LogP contribution in [-0.4, -0.2) is 40.6 Å². The number of benzene rings is 3. The van der Waals surface area contributed by atoms with Gasteiger partial charge in [0.05, 0.1) is 12.3 Å². The lowest BCUT2D eigenvalue weighted by Gasteiger charge is -2.19. The summed E-state index contributed by atoms with van der Waals surface area (Å²) in [4.78, 5) is 55.4. The summed E-state index contributed by atoms with van der Waals surface area (Å²) >= 11 is 0. The van der Waals surface area contributed by atoms with E-state index in [-0.39, 0.29) is 13.0 Å². The van der Waals surface area contributed by atoms with Crippen LogP contribution in [-0.2, 0) is 30.6 Å². The van der Waals surface area contributed by atoms with Crippen LogP contribution in [0.3, 0.4) is 0 Å². The lowest BCUT2D eigenvalue weighted by Crippen LogP contribution is -2.39. The first-order valence-corrected chi connectivity index (χ1v) is 13.3. The molecule has 3 aromatic carbocycles. The lowest BCUT2D eigenvalue weighted by atomic mass is 10.0. The quantitative estimate of drug-likeness (QED) is 0.245. The van der Waals surface area contributed by atoms with Gasteiger partial charge in [0.1, 0.15) is 5.71 Å². The maximum atomic E-state index is 12.8. The van der Waals surface area contributed by atoms with Crippen molar-refractivity contribution in [2.24, 2.45) is 5.92 Å². The molecule has 4 rings (SSSR count). The van der Waals surface area contributed by atoms with Gasteiger partial charge in [-0.1, -0.05) is 91.0 Å². The molecule has 0 spiro atoms. The molecule has 3 aromatic rings. The number of carbonyl (C=O) groups excluding carboxylic acids is 4. The Kier molecular flexibility index (Phi) is 8.54. The summed E-state index contributed by atoms with van der Waals surface area (Å²) < 4.78 is 0. The van der Waals surface area contributed by atoms with Gasteiger partial charge in [0.2, 0.25) is 0 Å². The fourth-order valence-corrected chi connectivity index (χ4v) is 6.22. The van der Waals surface area contributed by atoms with Gasteiger partial charge in [-0.25, -0.2) is 4.79 Å². The van der Waals surface area contributed by atoms with Gasteiger partial charge in [0, 0.05) is 13.0 Å². The molecule has 2 N–H and O–H groups in total. The number of nitrogens with one attached hydrogen (secondary N) is 2. The average molecular weight is 516 g/mol. The Bertz CT molecular complexity index is 1250. The van der Waals surface area contributed by atoms with Crippen molar-refractivity contribution in [1.82, 2.24) is 10.4 Å². The number of hydroxylamine groups is 2. The number of imide groups is 1. The summed E-state index contributed by atoms with van der Waals surface area (Å²) in [6, 6.07) is 28.8. The molecule has 8 nitrogen and oxygen atoms in total. The molecular weight excluding hydrogens is 489 g/mol. The standard InChI is InChI=1S/C28H26N3O5P/c29-26(27(34)30-19-20-10-4-1-5-11-20)23-18-24(32)31(28(23)35)36-25(33)16-17-37(21-12-6-2-7-13-21)22-14-8-3-9-15-22/h1-15,23,29H,16-19H2,(H,30,34). The lowest BCUT2D eigenvalue weighted by molar-refractivity contribution is -0.197. The fourth-order valence-electron chi connectivity index (χ4n) is 3.94. The van der Waals surface area contributed by atoms with Gasteiger partial charge in [0.15, 0.2) is 0 Å². The van der Waals surface area contributed by atoms with E-state index in [2.05, 4.69) is 5.32 Å². The number of nitrogens with zero attached hydrogens (tertiary/aromatic N) is 1. The number of carbonyl (C=O) groups is 4. The molecule has 0 bridgehead atoms. The van der Waals surface area contributed by atoms with E-state index < -0.39 is 49.7 Å². The monoisotopic (exact) mass is 515 g/mol. The van der Waals surface area contributed by atoms with E-state index in [1.807, 2.05) is 91.0 Å². The number of hydrogen-bond acceptors (Lipinski definition) is 6. The molecule has 0 aromatic heterocycles. The molecule has 1 aliphatic heterocycles. The van der Waals surface area contributed by atoms with Gasteiger partial charge in [0.25, 0.3) is 17.7 Å². The summed E-state index contributed by atoms with van der Waals surface area (Å²) in [5, 5.41) is 13.3. The predicted molar refractivity (Wildman–Crippen MR) is 141 cm³/mol. The van der Waals surface area contributed by atoms with Crippen molar-refractivity contribution in [2.75, 3.05) is 6.16 Å². The molecule has 1 unspecified atom stereocenters. The Morgan fingerprint density at radius 3 is 2.00 bits per heavy atom. The molecular formula is C28H26N3O5P. The second-order valence-electron chi connectivity index (χ2n) is 8.40. The Hall–Kier alpha value is -4.16. The van der Waals surface area contributed by atoms with Crippen molar-refractivity contribution < 1.29 is 24.0 Å². The van der Waals surface area contributed by atoms with Gasteiger partial charge in [-0.05, 0) is 30.3 Å². The van der Waals surface area contributed by atoms with Gasteiger partial charge in [-0.2, -0.15) is 0 Å². The first-order chi connectivity index (χ1) is 17.9. The van der Waals surface area contributed by atoms with Crippen molar-refractivity contribution in [3.8, 4) is 0 Å². The van der Waals surface area contributed by atoms with E-state index >= 15 is 0 Å². The minimum atomic E-state index is -1.29. The van der Waals surface area contributed by atoms with E-state index in [1.165, 1.54) is 0 Å². The van der Waals surface area contributed by atoms with Crippen LogP contribution in [0.2, 0.25) is 0 Å². The highest BCUT2D eigenvalue weighted by atomic mass is 31.1. The van der Waals surface area contributed by atoms with Gasteiger partial charge in [-0.15, -0.1) is 5.06 Å². The molecule has 0 aliphatic carbocycles. The topological polar surface area (TPSA) is 117 Å². The van der Waals surface area contributed by atoms with Crippen molar-refractivity contribution in [2.45, 2.75) is 19.4 Å². The second-order valence-corrected chi connectivity index (χ2v) is 10.7. The third kappa shape index (κ3) is 6.54. The molecule has 1 atom stereocenters. The Morgan fingerprint density at radius 2 is 1.43 bits per heavy atom. The van der Waals surface area contributed by atoms with Crippen molar-refractivity contribution in [3.63, 3.8) is 0 Å². The molecule has 9 heteroatoms. The smallest absolute Gasteiger partial charge is 0.333 e. The first kappa shape index (κ1) is 25.9. The highest BCUT2D eigenvalue weighted by Gasteiger charge is 2.45.